The van der Waals surface area contributed by atoms with Crippen molar-refractivity contribution >= 4 is 28.0 Å². The van der Waals surface area contributed by atoms with Gasteiger partial charge in [-0.2, -0.15) is 0 Å². The molecule has 3 unspecified atom stereocenters. The lowest BCUT2D eigenvalue weighted by molar-refractivity contribution is 0.0544. The summed E-state index contributed by atoms with van der Waals surface area (Å²) in [5.74, 6) is 0.191. The predicted molar refractivity (Wildman–Crippen MR) is 118 cm³/mol. The lowest BCUT2D eigenvalue weighted by Crippen LogP contribution is -2.48. The van der Waals surface area contributed by atoms with Gasteiger partial charge in [0, 0.05) is 44.1 Å². The normalized spacial score (nSPS) is 27.2. The number of hydrogen-bond donors (Lipinski definition) is 1. The third kappa shape index (κ3) is 3.70. The number of sulfonamides is 1. The van der Waals surface area contributed by atoms with E-state index in [1.54, 1.807) is 13.8 Å². The van der Waals surface area contributed by atoms with Crippen LogP contribution in [0.25, 0.3) is 0 Å². The number of hydrogen-bond acceptors (Lipinski definition) is 6. The van der Waals surface area contributed by atoms with Crippen LogP contribution in [0.4, 0.5) is 10.7 Å². The lowest BCUT2D eigenvalue weighted by Gasteiger charge is -2.39. The van der Waals surface area contributed by atoms with Gasteiger partial charge in [0.1, 0.15) is 0 Å². The molecule has 0 saturated carbocycles. The van der Waals surface area contributed by atoms with Crippen molar-refractivity contribution in [2.75, 3.05) is 36.2 Å². The highest BCUT2D eigenvalue weighted by molar-refractivity contribution is 7.93. The Labute approximate surface area is 188 Å². The van der Waals surface area contributed by atoms with Gasteiger partial charge in [-0.05, 0) is 25.7 Å². The maximum Gasteiger partial charge on any atom is 0.407 e. The van der Waals surface area contributed by atoms with Crippen molar-refractivity contribution < 1.29 is 23.1 Å². The molecule has 3 aliphatic heterocycles. The number of anilines is 1. The van der Waals surface area contributed by atoms with Gasteiger partial charge in [0.15, 0.2) is 0 Å². The third-order valence-electron chi connectivity index (χ3n) is 6.88. The summed E-state index contributed by atoms with van der Waals surface area (Å²) in [6, 6.07) is -0.123. The van der Waals surface area contributed by atoms with Crippen molar-refractivity contribution in [3.63, 3.8) is 0 Å². The SMILES string of the molecule is Cc1nc(N2CCCS2(=O)=O)nc(C)c1C(=O)N1CC2CN(C(=O)O)CC2C1C(C)(C)C. The smallest absolute Gasteiger partial charge is 0.407 e. The molecule has 0 aromatic carbocycles. The monoisotopic (exact) mass is 465 g/mol. The van der Waals surface area contributed by atoms with Crippen LogP contribution in [0.2, 0.25) is 0 Å². The summed E-state index contributed by atoms with van der Waals surface area (Å²) in [6.07, 6.45) is -0.390. The molecule has 3 fully saturated rings. The quantitative estimate of drug-likeness (QED) is 0.705. The van der Waals surface area contributed by atoms with Crippen LogP contribution in [-0.2, 0) is 10.0 Å². The predicted octanol–water partition coefficient (Wildman–Crippen LogP) is 1.73. The van der Waals surface area contributed by atoms with Crippen LogP contribution in [0.3, 0.4) is 0 Å². The summed E-state index contributed by atoms with van der Waals surface area (Å²) in [5.41, 5.74) is 1.07. The molecular weight excluding hydrogens is 434 g/mol. The number of aromatic nitrogens is 2. The zero-order chi connectivity index (χ0) is 23.6. The highest BCUT2D eigenvalue weighted by Gasteiger charge is 2.53. The number of aryl methyl sites for hydroxylation is 2. The summed E-state index contributed by atoms with van der Waals surface area (Å²) >= 11 is 0. The Morgan fingerprint density at radius 1 is 1.06 bits per heavy atom. The van der Waals surface area contributed by atoms with Gasteiger partial charge in [-0.25, -0.2) is 27.5 Å². The van der Waals surface area contributed by atoms with Crippen LogP contribution in [-0.4, -0.2) is 83.3 Å². The Bertz CT molecular complexity index is 1040. The maximum atomic E-state index is 13.7. The van der Waals surface area contributed by atoms with Crippen molar-refractivity contribution in [2.24, 2.45) is 17.3 Å². The van der Waals surface area contributed by atoms with E-state index in [4.69, 9.17) is 0 Å². The van der Waals surface area contributed by atoms with Crippen molar-refractivity contribution in [1.82, 2.24) is 19.8 Å². The fraction of sp³-hybridized carbons (Fsp3) is 0.714. The van der Waals surface area contributed by atoms with E-state index >= 15 is 0 Å². The van der Waals surface area contributed by atoms with Crippen LogP contribution >= 0.6 is 0 Å². The van der Waals surface area contributed by atoms with Gasteiger partial charge < -0.3 is 14.9 Å². The molecule has 10 nitrogen and oxygen atoms in total. The molecule has 3 aliphatic rings. The van der Waals surface area contributed by atoms with Gasteiger partial charge in [-0.1, -0.05) is 20.8 Å². The first-order valence-corrected chi connectivity index (χ1v) is 12.6. The van der Waals surface area contributed by atoms with Gasteiger partial charge in [-0.15, -0.1) is 0 Å². The van der Waals surface area contributed by atoms with Gasteiger partial charge in [0.2, 0.25) is 16.0 Å². The first-order chi connectivity index (χ1) is 14.8. The highest BCUT2D eigenvalue weighted by Crippen LogP contribution is 2.44. The molecule has 1 N–H and O–H groups in total. The molecule has 32 heavy (non-hydrogen) atoms. The van der Waals surface area contributed by atoms with Crippen LogP contribution in [0.1, 0.15) is 48.9 Å². The first kappa shape index (κ1) is 22.8. The van der Waals surface area contributed by atoms with E-state index in [9.17, 15) is 23.1 Å². The number of amides is 2. The second kappa shape index (κ2) is 7.57. The largest absolute Gasteiger partial charge is 0.465 e. The van der Waals surface area contributed by atoms with Gasteiger partial charge >= 0.3 is 6.09 Å². The molecule has 176 valence electrons. The minimum absolute atomic E-state index is 0.0746. The van der Waals surface area contributed by atoms with Crippen molar-refractivity contribution in [3.05, 3.63) is 17.0 Å². The second-order valence-electron chi connectivity index (χ2n) is 10.2. The lowest BCUT2D eigenvalue weighted by atomic mass is 9.77. The summed E-state index contributed by atoms with van der Waals surface area (Å²) in [7, 11) is -3.41. The number of rotatable bonds is 2. The average Bonchev–Trinajstić information content (AvgIpc) is 3.31. The molecule has 0 aliphatic carbocycles. The zero-order valence-corrected chi connectivity index (χ0v) is 20.0. The molecule has 4 heterocycles. The molecule has 0 bridgehead atoms. The van der Waals surface area contributed by atoms with Crippen LogP contribution < -0.4 is 4.31 Å². The molecule has 0 radical (unpaired) electrons. The molecule has 0 spiro atoms. The Hall–Kier alpha value is -2.43. The number of fused-ring (bicyclic) bond motifs is 1. The number of carbonyl (C=O) groups excluding carboxylic acids is 1. The minimum atomic E-state index is -3.41. The standard InChI is InChI=1S/C21H31N5O5S/c1-12-16(13(2)23-19(22-12)26-7-6-8-32(26,30)31)18(27)25-10-14-9-24(20(28)29)11-15(14)17(25)21(3,4)5/h14-15,17H,6-11H2,1-5H3,(H,28,29). The van der Waals surface area contributed by atoms with E-state index in [1.165, 1.54) is 9.21 Å². The highest BCUT2D eigenvalue weighted by atomic mass is 32.2. The van der Waals surface area contributed by atoms with Crippen molar-refractivity contribution in [3.8, 4) is 0 Å². The van der Waals surface area contributed by atoms with E-state index < -0.39 is 16.1 Å². The van der Waals surface area contributed by atoms with Crippen molar-refractivity contribution in [1.29, 1.82) is 0 Å². The van der Waals surface area contributed by atoms with Gasteiger partial charge in [-0.3, -0.25) is 4.79 Å². The summed E-state index contributed by atoms with van der Waals surface area (Å²) in [6.45, 7) is 11.3. The number of likely N-dealkylation sites (tertiary alicyclic amines) is 2. The fourth-order valence-electron chi connectivity index (χ4n) is 5.65. The summed E-state index contributed by atoms with van der Waals surface area (Å²) in [5, 5.41) is 9.42. The zero-order valence-electron chi connectivity index (χ0n) is 19.2. The third-order valence-corrected chi connectivity index (χ3v) is 8.70. The number of nitrogens with zero attached hydrogens (tertiary/aromatic N) is 5. The summed E-state index contributed by atoms with van der Waals surface area (Å²) in [4.78, 5) is 37.3. The number of carbonyl (C=O) groups is 2. The van der Waals surface area contributed by atoms with E-state index in [0.29, 0.717) is 49.6 Å². The Morgan fingerprint density at radius 2 is 1.69 bits per heavy atom. The van der Waals surface area contributed by atoms with E-state index in [1.807, 2.05) is 4.90 Å². The Morgan fingerprint density at radius 3 is 2.19 bits per heavy atom. The molecular formula is C21H31N5O5S. The number of carboxylic acid groups (broad SMARTS) is 1. The van der Waals surface area contributed by atoms with Gasteiger partial charge in [0.25, 0.3) is 5.91 Å². The molecule has 3 saturated heterocycles. The molecule has 4 rings (SSSR count). The van der Waals surface area contributed by atoms with E-state index in [-0.39, 0.29) is 40.9 Å². The minimum Gasteiger partial charge on any atom is -0.465 e. The topological polar surface area (TPSA) is 124 Å². The average molecular weight is 466 g/mol. The first-order valence-electron chi connectivity index (χ1n) is 11.0. The maximum absolute atomic E-state index is 13.7. The Kier molecular flexibility index (Phi) is 5.38. The summed E-state index contributed by atoms with van der Waals surface area (Å²) < 4.78 is 25.8. The van der Waals surface area contributed by atoms with E-state index in [2.05, 4.69) is 30.7 Å². The van der Waals surface area contributed by atoms with Crippen LogP contribution in [0.15, 0.2) is 0 Å². The molecule has 2 amide bonds. The second-order valence-corrected chi connectivity index (χ2v) is 12.2. The molecule has 1 aromatic heterocycles. The van der Waals surface area contributed by atoms with Crippen LogP contribution in [0.5, 0.6) is 0 Å². The molecule has 1 aromatic rings. The molecule has 3 atom stereocenters. The Balaban J connectivity index is 1.66. The molecule has 11 heteroatoms. The fourth-order valence-corrected chi connectivity index (χ4v) is 7.10. The van der Waals surface area contributed by atoms with E-state index in [0.717, 1.165) is 0 Å². The van der Waals surface area contributed by atoms with Crippen LogP contribution in [0, 0.1) is 31.1 Å². The van der Waals surface area contributed by atoms with Gasteiger partial charge in [0.05, 0.1) is 22.7 Å². The van der Waals surface area contributed by atoms with Crippen molar-refractivity contribution in [2.45, 2.75) is 47.1 Å².